The van der Waals surface area contributed by atoms with E-state index in [4.69, 9.17) is 4.74 Å². The minimum absolute atomic E-state index is 0.121. The Hall–Kier alpha value is -3.67. The van der Waals surface area contributed by atoms with Gasteiger partial charge in [0.15, 0.2) is 0 Å². The van der Waals surface area contributed by atoms with E-state index >= 15 is 0 Å². The number of nitrogens with one attached hydrogen (secondary N) is 1. The first-order valence-electron chi connectivity index (χ1n) is 13.6. The Morgan fingerprint density at radius 1 is 0.947 bits per heavy atom. The number of carbonyl (C=O) groups is 2. The highest BCUT2D eigenvalue weighted by molar-refractivity contribution is 5.88. The zero-order valence-electron chi connectivity index (χ0n) is 22.1. The summed E-state index contributed by atoms with van der Waals surface area (Å²) in [5, 5.41) is 3.21. The highest BCUT2D eigenvalue weighted by Gasteiger charge is 2.32. The van der Waals surface area contributed by atoms with Gasteiger partial charge >= 0.3 is 0 Å². The van der Waals surface area contributed by atoms with Crippen molar-refractivity contribution in [2.75, 3.05) is 6.61 Å². The molecule has 0 aromatic heterocycles. The van der Waals surface area contributed by atoms with Crippen LogP contribution < -0.4 is 10.1 Å². The summed E-state index contributed by atoms with van der Waals surface area (Å²) in [4.78, 5) is 29.0. The van der Waals surface area contributed by atoms with E-state index in [0.29, 0.717) is 19.4 Å². The predicted octanol–water partition coefficient (Wildman–Crippen LogP) is 5.99. The number of amides is 2. The molecule has 0 heterocycles. The molecule has 38 heavy (non-hydrogen) atoms. The molecule has 3 aromatic carbocycles. The highest BCUT2D eigenvalue weighted by Crippen LogP contribution is 2.21. The van der Waals surface area contributed by atoms with Crippen molar-refractivity contribution in [2.24, 2.45) is 0 Å². The first-order valence-corrected chi connectivity index (χ1v) is 13.6. The highest BCUT2D eigenvalue weighted by atomic mass is 19.1. The van der Waals surface area contributed by atoms with Crippen LogP contribution in [0.5, 0.6) is 5.75 Å². The molecule has 4 rings (SSSR count). The maximum atomic E-state index is 13.7. The maximum absolute atomic E-state index is 13.7. The van der Waals surface area contributed by atoms with Gasteiger partial charge in [-0.25, -0.2) is 4.39 Å². The molecule has 1 aliphatic rings. The number of nitrogens with zero attached hydrogens (tertiary/aromatic N) is 1. The molecule has 6 heteroatoms. The second kappa shape index (κ2) is 13.8. The van der Waals surface area contributed by atoms with Crippen LogP contribution in [-0.4, -0.2) is 35.4 Å². The van der Waals surface area contributed by atoms with Crippen molar-refractivity contribution in [3.8, 4) is 5.75 Å². The SMILES string of the molecule is Cc1ccc(OCCCC(=O)N(Cc2ccc(F)cc2)[C@@H](Cc2ccccc2)C(=O)NC2CCCC2)cc1. The fourth-order valence-electron chi connectivity index (χ4n) is 4.90. The Kier molecular flexibility index (Phi) is 9.90. The average molecular weight is 517 g/mol. The molecule has 1 N–H and O–H groups in total. The molecule has 1 aliphatic carbocycles. The zero-order valence-corrected chi connectivity index (χ0v) is 22.1. The van der Waals surface area contributed by atoms with Crippen LogP contribution in [0.2, 0.25) is 0 Å². The second-order valence-corrected chi connectivity index (χ2v) is 10.1. The number of benzene rings is 3. The van der Waals surface area contributed by atoms with Crippen molar-refractivity contribution in [1.29, 1.82) is 0 Å². The standard InChI is InChI=1S/C32H37FN2O3/c1-24-13-19-29(20-14-24)38-21-7-12-31(36)35(23-26-15-17-27(33)18-16-26)30(22-25-8-3-2-4-9-25)32(37)34-28-10-5-6-11-28/h2-4,8-9,13-20,28,30H,5-7,10-12,21-23H2,1H3,(H,34,37)/t30-/m0/s1. The molecule has 0 aliphatic heterocycles. The number of ether oxygens (including phenoxy) is 1. The van der Waals surface area contributed by atoms with E-state index in [9.17, 15) is 14.0 Å². The lowest BCUT2D eigenvalue weighted by Gasteiger charge is -2.32. The summed E-state index contributed by atoms with van der Waals surface area (Å²) in [6, 6.07) is 23.2. The zero-order chi connectivity index (χ0) is 26.7. The maximum Gasteiger partial charge on any atom is 0.243 e. The summed E-state index contributed by atoms with van der Waals surface area (Å²) in [5.74, 6) is 0.181. The van der Waals surface area contributed by atoms with Crippen LogP contribution >= 0.6 is 0 Å². The summed E-state index contributed by atoms with van der Waals surface area (Å²) in [6.07, 6.45) is 5.31. The van der Waals surface area contributed by atoms with E-state index in [1.807, 2.05) is 61.5 Å². The molecule has 200 valence electrons. The molecule has 1 saturated carbocycles. The lowest BCUT2D eigenvalue weighted by molar-refractivity contribution is -0.141. The van der Waals surface area contributed by atoms with Crippen molar-refractivity contribution >= 4 is 11.8 Å². The van der Waals surface area contributed by atoms with Crippen molar-refractivity contribution in [2.45, 2.75) is 70.5 Å². The van der Waals surface area contributed by atoms with Crippen LogP contribution in [-0.2, 0) is 22.6 Å². The van der Waals surface area contributed by atoms with Crippen molar-refractivity contribution in [3.63, 3.8) is 0 Å². The van der Waals surface area contributed by atoms with Gasteiger partial charge in [-0.15, -0.1) is 0 Å². The molecule has 1 atom stereocenters. The summed E-state index contributed by atoms with van der Waals surface area (Å²) in [7, 11) is 0. The Morgan fingerprint density at radius 3 is 2.32 bits per heavy atom. The van der Waals surface area contributed by atoms with Gasteiger partial charge in [-0.1, -0.05) is 73.0 Å². The Morgan fingerprint density at radius 2 is 1.63 bits per heavy atom. The summed E-state index contributed by atoms with van der Waals surface area (Å²) in [6.45, 7) is 2.65. The summed E-state index contributed by atoms with van der Waals surface area (Å²) >= 11 is 0. The van der Waals surface area contributed by atoms with E-state index < -0.39 is 6.04 Å². The molecule has 2 amide bonds. The van der Waals surface area contributed by atoms with Gasteiger partial charge in [0.05, 0.1) is 6.61 Å². The fraction of sp³-hybridized carbons (Fsp3) is 0.375. The van der Waals surface area contributed by atoms with E-state index in [1.165, 1.54) is 12.1 Å². The molecule has 0 unspecified atom stereocenters. The Balaban J connectivity index is 1.50. The fourth-order valence-corrected chi connectivity index (χ4v) is 4.90. The molecule has 0 saturated heterocycles. The minimum Gasteiger partial charge on any atom is -0.494 e. The molecule has 0 spiro atoms. The third kappa shape index (κ3) is 8.17. The van der Waals surface area contributed by atoms with Crippen LogP contribution in [0, 0.1) is 12.7 Å². The average Bonchev–Trinajstić information content (AvgIpc) is 3.44. The Labute approximate surface area is 225 Å². The van der Waals surface area contributed by atoms with Gasteiger partial charge in [-0.3, -0.25) is 9.59 Å². The van der Waals surface area contributed by atoms with Crippen LogP contribution in [0.15, 0.2) is 78.9 Å². The number of rotatable bonds is 12. The number of halogens is 1. The van der Waals surface area contributed by atoms with Crippen LogP contribution in [0.1, 0.15) is 55.2 Å². The molecule has 3 aromatic rings. The van der Waals surface area contributed by atoms with Gasteiger partial charge in [0, 0.05) is 25.4 Å². The van der Waals surface area contributed by atoms with Gasteiger partial charge < -0.3 is 15.0 Å². The van der Waals surface area contributed by atoms with Crippen molar-refractivity contribution < 1.29 is 18.7 Å². The first-order chi connectivity index (χ1) is 18.5. The molecular formula is C32H37FN2O3. The lowest BCUT2D eigenvalue weighted by atomic mass is 10.0. The molecule has 0 bridgehead atoms. The van der Waals surface area contributed by atoms with Gasteiger partial charge in [-0.05, 0) is 61.6 Å². The quantitative estimate of drug-likeness (QED) is 0.301. The normalized spacial score (nSPS) is 14.2. The van der Waals surface area contributed by atoms with Gasteiger partial charge in [0.1, 0.15) is 17.6 Å². The van der Waals surface area contributed by atoms with Gasteiger partial charge in [0.25, 0.3) is 0 Å². The lowest BCUT2D eigenvalue weighted by Crippen LogP contribution is -2.52. The minimum atomic E-state index is -0.673. The topological polar surface area (TPSA) is 58.6 Å². The number of hydrogen-bond donors (Lipinski definition) is 1. The summed E-state index contributed by atoms with van der Waals surface area (Å²) < 4.78 is 19.4. The van der Waals surface area contributed by atoms with Crippen molar-refractivity contribution in [3.05, 3.63) is 101 Å². The van der Waals surface area contributed by atoms with Crippen LogP contribution in [0.4, 0.5) is 4.39 Å². The third-order valence-corrected chi connectivity index (χ3v) is 7.06. The first kappa shape index (κ1) is 27.4. The monoisotopic (exact) mass is 516 g/mol. The van der Waals surface area contributed by atoms with Crippen molar-refractivity contribution in [1.82, 2.24) is 10.2 Å². The van der Waals surface area contributed by atoms with E-state index in [0.717, 1.165) is 48.1 Å². The molecule has 1 fully saturated rings. The molecular weight excluding hydrogens is 479 g/mol. The molecule has 5 nitrogen and oxygen atoms in total. The van der Waals surface area contributed by atoms with E-state index in [1.54, 1.807) is 17.0 Å². The Bertz CT molecular complexity index is 1160. The third-order valence-electron chi connectivity index (χ3n) is 7.06. The van der Waals surface area contributed by atoms with Crippen LogP contribution in [0.3, 0.4) is 0 Å². The second-order valence-electron chi connectivity index (χ2n) is 10.1. The smallest absolute Gasteiger partial charge is 0.243 e. The largest absolute Gasteiger partial charge is 0.494 e. The van der Waals surface area contributed by atoms with E-state index in [2.05, 4.69) is 5.32 Å². The van der Waals surface area contributed by atoms with Gasteiger partial charge in [-0.2, -0.15) is 0 Å². The summed E-state index contributed by atoms with van der Waals surface area (Å²) in [5.41, 5.74) is 2.92. The van der Waals surface area contributed by atoms with Crippen LogP contribution in [0.25, 0.3) is 0 Å². The number of carbonyl (C=O) groups excluding carboxylic acids is 2. The number of aryl methyl sites for hydroxylation is 1. The van der Waals surface area contributed by atoms with Gasteiger partial charge in [0.2, 0.25) is 11.8 Å². The molecule has 0 radical (unpaired) electrons. The van der Waals surface area contributed by atoms with E-state index in [-0.39, 0.29) is 36.6 Å². The predicted molar refractivity (Wildman–Crippen MR) is 147 cm³/mol. The number of hydrogen-bond acceptors (Lipinski definition) is 3.